The molecule has 0 radical (unpaired) electrons. The number of hydrogen-bond acceptors (Lipinski definition) is 4. The standard InChI is InChI=1S/C20H21ClFN5O2/c1-10(2)16-17-14(15(23)18-20(29)25(3)6-7-26(17)18)19(28)27(24-16)9-11-4-5-13(22)12(21)8-11/h4-5,8,10H,6-7,9,23H2,1-3H3. The Balaban J connectivity index is 1.98. The van der Waals surface area contributed by atoms with Gasteiger partial charge >= 0.3 is 0 Å². The van der Waals surface area contributed by atoms with E-state index in [9.17, 15) is 14.0 Å². The molecule has 7 nitrogen and oxygen atoms in total. The Labute approximate surface area is 171 Å². The molecular formula is C20H21ClFN5O2. The summed E-state index contributed by atoms with van der Waals surface area (Å²) in [7, 11) is 1.71. The molecule has 29 heavy (non-hydrogen) atoms. The molecule has 0 atom stereocenters. The maximum Gasteiger partial charge on any atom is 0.278 e. The van der Waals surface area contributed by atoms with Gasteiger partial charge in [-0.1, -0.05) is 31.5 Å². The van der Waals surface area contributed by atoms with E-state index >= 15 is 0 Å². The fourth-order valence-electron chi connectivity index (χ4n) is 3.77. The van der Waals surface area contributed by atoms with Gasteiger partial charge in [-0.25, -0.2) is 9.07 Å². The van der Waals surface area contributed by atoms with Crippen LogP contribution in [0.5, 0.6) is 0 Å². The predicted molar refractivity (Wildman–Crippen MR) is 110 cm³/mol. The summed E-state index contributed by atoms with van der Waals surface area (Å²) in [6.07, 6.45) is 0. The lowest BCUT2D eigenvalue weighted by atomic mass is 10.1. The summed E-state index contributed by atoms with van der Waals surface area (Å²) >= 11 is 5.87. The molecule has 1 amide bonds. The van der Waals surface area contributed by atoms with E-state index in [4.69, 9.17) is 17.3 Å². The zero-order chi connectivity index (χ0) is 21.0. The zero-order valence-electron chi connectivity index (χ0n) is 16.4. The molecule has 152 valence electrons. The number of rotatable bonds is 3. The van der Waals surface area contributed by atoms with Gasteiger partial charge in [-0.15, -0.1) is 0 Å². The van der Waals surface area contributed by atoms with Crippen LogP contribution in [-0.4, -0.2) is 38.7 Å². The number of benzene rings is 1. The number of carbonyl (C=O) groups excluding carboxylic acids is 1. The number of nitrogens with zero attached hydrogens (tertiary/aromatic N) is 4. The van der Waals surface area contributed by atoms with E-state index in [0.29, 0.717) is 40.9 Å². The number of nitrogen functional groups attached to an aromatic ring is 1. The fourth-order valence-corrected chi connectivity index (χ4v) is 3.97. The minimum absolute atomic E-state index is 0.00526. The number of fused-ring (bicyclic) bond motifs is 3. The summed E-state index contributed by atoms with van der Waals surface area (Å²) in [5.74, 6) is -0.744. The molecule has 2 aromatic heterocycles. The van der Waals surface area contributed by atoms with Crippen LogP contribution >= 0.6 is 11.6 Å². The van der Waals surface area contributed by atoms with Gasteiger partial charge in [-0.3, -0.25) is 9.59 Å². The van der Waals surface area contributed by atoms with E-state index < -0.39 is 5.82 Å². The topological polar surface area (TPSA) is 86.2 Å². The van der Waals surface area contributed by atoms with Gasteiger partial charge in [-0.2, -0.15) is 5.10 Å². The molecule has 0 spiro atoms. The van der Waals surface area contributed by atoms with Crippen molar-refractivity contribution < 1.29 is 9.18 Å². The Kier molecular flexibility index (Phi) is 4.61. The maximum atomic E-state index is 13.5. The molecule has 3 heterocycles. The second-order valence-electron chi connectivity index (χ2n) is 7.62. The summed E-state index contributed by atoms with van der Waals surface area (Å²) in [4.78, 5) is 27.5. The molecule has 1 aliphatic heterocycles. The molecule has 0 saturated heterocycles. The van der Waals surface area contributed by atoms with Crippen LogP contribution in [0.3, 0.4) is 0 Å². The van der Waals surface area contributed by atoms with E-state index in [2.05, 4.69) is 5.10 Å². The van der Waals surface area contributed by atoms with E-state index in [1.807, 2.05) is 18.4 Å². The highest BCUT2D eigenvalue weighted by Gasteiger charge is 2.31. The molecule has 4 rings (SSSR count). The Morgan fingerprint density at radius 1 is 1.28 bits per heavy atom. The number of halogens is 2. The quantitative estimate of drug-likeness (QED) is 0.710. The minimum Gasteiger partial charge on any atom is -0.396 e. The van der Waals surface area contributed by atoms with Crippen LogP contribution in [0.15, 0.2) is 23.0 Å². The first kappa shape index (κ1) is 19.4. The maximum absolute atomic E-state index is 13.5. The van der Waals surface area contributed by atoms with Gasteiger partial charge in [-0.05, 0) is 23.6 Å². The average molecular weight is 418 g/mol. The van der Waals surface area contributed by atoms with Gasteiger partial charge in [0.25, 0.3) is 11.5 Å². The minimum atomic E-state index is -0.527. The van der Waals surface area contributed by atoms with E-state index in [-0.39, 0.29) is 34.6 Å². The fraction of sp³-hybridized carbons (Fsp3) is 0.350. The second-order valence-corrected chi connectivity index (χ2v) is 8.02. The highest BCUT2D eigenvalue weighted by atomic mass is 35.5. The molecule has 0 unspecified atom stereocenters. The van der Waals surface area contributed by atoms with Crippen molar-refractivity contribution in [2.45, 2.75) is 32.9 Å². The van der Waals surface area contributed by atoms with E-state index in [0.717, 1.165) is 0 Å². The van der Waals surface area contributed by atoms with Crippen molar-refractivity contribution in [2.75, 3.05) is 19.3 Å². The van der Waals surface area contributed by atoms with Crippen molar-refractivity contribution in [3.8, 4) is 0 Å². The highest BCUT2D eigenvalue weighted by molar-refractivity contribution is 6.30. The molecule has 0 aliphatic carbocycles. The van der Waals surface area contributed by atoms with Gasteiger partial charge in [0.2, 0.25) is 0 Å². The van der Waals surface area contributed by atoms with Crippen molar-refractivity contribution in [2.24, 2.45) is 0 Å². The molecule has 2 N–H and O–H groups in total. The van der Waals surface area contributed by atoms with Crippen LogP contribution in [0.1, 0.15) is 41.5 Å². The Morgan fingerprint density at radius 2 is 2.00 bits per heavy atom. The monoisotopic (exact) mass is 417 g/mol. The van der Waals surface area contributed by atoms with Crippen LogP contribution in [0.4, 0.5) is 10.1 Å². The third-order valence-electron chi connectivity index (χ3n) is 5.29. The van der Waals surface area contributed by atoms with Crippen molar-refractivity contribution in [3.05, 3.63) is 56.3 Å². The summed E-state index contributed by atoms with van der Waals surface area (Å²) in [5.41, 5.74) is 8.37. The first-order valence-corrected chi connectivity index (χ1v) is 9.70. The van der Waals surface area contributed by atoms with Crippen molar-refractivity contribution >= 4 is 34.1 Å². The molecule has 0 fully saturated rings. The molecular weight excluding hydrogens is 397 g/mol. The molecule has 1 aliphatic rings. The molecule has 9 heteroatoms. The normalized spacial score (nSPS) is 14.1. The number of aromatic nitrogens is 3. The van der Waals surface area contributed by atoms with Crippen molar-refractivity contribution in [3.63, 3.8) is 0 Å². The average Bonchev–Trinajstić information content (AvgIpc) is 2.97. The van der Waals surface area contributed by atoms with Crippen LogP contribution in [0, 0.1) is 5.82 Å². The van der Waals surface area contributed by atoms with Crippen LogP contribution in [0.2, 0.25) is 5.02 Å². The highest BCUT2D eigenvalue weighted by Crippen LogP contribution is 2.33. The predicted octanol–water partition coefficient (Wildman–Crippen LogP) is 2.83. The van der Waals surface area contributed by atoms with Crippen LogP contribution in [-0.2, 0) is 13.1 Å². The SMILES string of the molecule is CC(C)c1nn(Cc2ccc(F)c(Cl)c2)c(=O)c2c(N)c3n(c12)CCN(C)C3=O. The first-order valence-electron chi connectivity index (χ1n) is 9.32. The number of nitrogens with two attached hydrogens (primary N) is 1. The summed E-state index contributed by atoms with van der Waals surface area (Å²) < 4.78 is 16.6. The zero-order valence-corrected chi connectivity index (χ0v) is 17.1. The Morgan fingerprint density at radius 3 is 2.66 bits per heavy atom. The van der Waals surface area contributed by atoms with Gasteiger partial charge in [0, 0.05) is 20.1 Å². The number of likely N-dealkylation sites (N-methyl/N-ethyl adjacent to an activating group) is 1. The van der Waals surface area contributed by atoms with E-state index in [1.165, 1.54) is 16.8 Å². The van der Waals surface area contributed by atoms with Gasteiger partial charge in [0.05, 0.1) is 33.9 Å². The van der Waals surface area contributed by atoms with Crippen LogP contribution in [0.25, 0.3) is 10.9 Å². The first-order chi connectivity index (χ1) is 13.7. The molecule has 0 saturated carbocycles. The molecule has 1 aromatic carbocycles. The van der Waals surface area contributed by atoms with Crippen molar-refractivity contribution in [1.29, 1.82) is 0 Å². The number of amides is 1. The lowest BCUT2D eigenvalue weighted by Crippen LogP contribution is -2.37. The third-order valence-corrected chi connectivity index (χ3v) is 5.58. The summed E-state index contributed by atoms with van der Waals surface area (Å²) in [6.45, 7) is 5.13. The molecule has 3 aromatic rings. The largest absolute Gasteiger partial charge is 0.396 e. The molecule has 0 bridgehead atoms. The summed E-state index contributed by atoms with van der Waals surface area (Å²) in [6, 6.07) is 4.28. The smallest absolute Gasteiger partial charge is 0.278 e. The Bertz CT molecular complexity index is 1210. The van der Waals surface area contributed by atoms with Gasteiger partial charge in [0.15, 0.2) is 0 Å². The van der Waals surface area contributed by atoms with E-state index in [1.54, 1.807) is 18.0 Å². The number of hydrogen-bond donors (Lipinski definition) is 1. The Hall–Kier alpha value is -2.87. The van der Waals surface area contributed by atoms with Gasteiger partial charge < -0.3 is 15.2 Å². The second kappa shape index (κ2) is 6.88. The number of carbonyl (C=O) groups is 1. The van der Waals surface area contributed by atoms with Gasteiger partial charge in [0.1, 0.15) is 11.5 Å². The number of anilines is 1. The summed E-state index contributed by atoms with van der Waals surface area (Å²) in [5, 5.41) is 4.86. The van der Waals surface area contributed by atoms with Crippen LogP contribution < -0.4 is 11.3 Å². The lowest BCUT2D eigenvalue weighted by Gasteiger charge is -2.25. The lowest BCUT2D eigenvalue weighted by molar-refractivity contribution is 0.0752. The third kappa shape index (κ3) is 2.98. The van der Waals surface area contributed by atoms with Crippen molar-refractivity contribution in [1.82, 2.24) is 19.2 Å².